The lowest BCUT2D eigenvalue weighted by Gasteiger charge is -2.14. The van der Waals surface area contributed by atoms with Crippen LogP contribution in [0.4, 0.5) is 4.39 Å². The van der Waals surface area contributed by atoms with Gasteiger partial charge in [-0.05, 0) is 50.2 Å². The number of halogens is 2. The normalized spacial score (nSPS) is 10.7. The van der Waals surface area contributed by atoms with Crippen LogP contribution < -0.4 is 10.1 Å². The average molecular weight is 295 g/mol. The van der Waals surface area contributed by atoms with Gasteiger partial charge < -0.3 is 10.1 Å². The van der Waals surface area contributed by atoms with Gasteiger partial charge >= 0.3 is 0 Å². The van der Waals surface area contributed by atoms with Crippen molar-refractivity contribution in [2.75, 3.05) is 7.05 Å². The van der Waals surface area contributed by atoms with Crippen molar-refractivity contribution in [3.63, 3.8) is 0 Å². The molecule has 0 saturated heterocycles. The highest BCUT2D eigenvalue weighted by atomic mass is 35.5. The Kier molecular flexibility index (Phi) is 4.57. The van der Waals surface area contributed by atoms with E-state index in [0.717, 1.165) is 17.3 Å². The summed E-state index contributed by atoms with van der Waals surface area (Å²) in [4.78, 5) is 4.03. The van der Waals surface area contributed by atoms with Crippen LogP contribution in [-0.2, 0) is 6.54 Å². The van der Waals surface area contributed by atoms with Crippen molar-refractivity contribution in [1.29, 1.82) is 0 Å². The van der Waals surface area contributed by atoms with Crippen molar-refractivity contribution in [1.82, 2.24) is 10.3 Å². The van der Waals surface area contributed by atoms with E-state index in [2.05, 4.69) is 10.3 Å². The van der Waals surface area contributed by atoms with E-state index in [4.69, 9.17) is 16.3 Å². The summed E-state index contributed by atoms with van der Waals surface area (Å²) in [5, 5.41) is 3.63. The van der Waals surface area contributed by atoms with Gasteiger partial charge in [0.15, 0.2) is 0 Å². The molecule has 2 rings (SSSR count). The highest BCUT2D eigenvalue weighted by Crippen LogP contribution is 2.32. The maximum absolute atomic E-state index is 13.3. The molecular weight excluding hydrogens is 279 g/mol. The maximum Gasteiger partial charge on any atom is 0.223 e. The Morgan fingerprint density at radius 3 is 2.50 bits per heavy atom. The fourth-order valence-corrected chi connectivity index (χ4v) is 2.36. The van der Waals surface area contributed by atoms with E-state index in [1.165, 1.54) is 6.07 Å². The summed E-state index contributed by atoms with van der Waals surface area (Å²) in [6.07, 6.45) is 1.15. The third-order valence-corrected chi connectivity index (χ3v) is 3.10. The molecule has 5 heteroatoms. The molecule has 0 saturated carbocycles. The van der Waals surface area contributed by atoms with Crippen molar-refractivity contribution >= 4 is 11.6 Å². The van der Waals surface area contributed by atoms with Gasteiger partial charge in [0.25, 0.3) is 0 Å². The molecule has 0 bridgehead atoms. The Balaban J connectivity index is 2.40. The molecular formula is C15H16ClFN2O. The SMILES string of the molecule is CNCc1cc(F)cnc1Oc1c(C)cc(Cl)cc1C. The number of aryl methyl sites for hydroxylation is 2. The Hall–Kier alpha value is -1.65. The number of ether oxygens (including phenoxy) is 1. The van der Waals surface area contributed by atoms with Gasteiger partial charge in [0, 0.05) is 17.1 Å². The van der Waals surface area contributed by atoms with Crippen LogP contribution in [0.2, 0.25) is 5.02 Å². The van der Waals surface area contributed by atoms with Crippen molar-refractivity contribution in [2.45, 2.75) is 20.4 Å². The monoisotopic (exact) mass is 294 g/mol. The molecule has 1 N–H and O–H groups in total. The van der Waals surface area contributed by atoms with Gasteiger partial charge in [0.1, 0.15) is 11.6 Å². The summed E-state index contributed by atoms with van der Waals surface area (Å²) in [7, 11) is 1.79. The highest BCUT2D eigenvalue weighted by molar-refractivity contribution is 6.30. The summed E-state index contributed by atoms with van der Waals surface area (Å²) in [6.45, 7) is 4.30. The molecule has 0 fully saturated rings. The average Bonchev–Trinajstić information content (AvgIpc) is 2.36. The van der Waals surface area contributed by atoms with Crippen LogP contribution in [0.3, 0.4) is 0 Å². The molecule has 0 aliphatic heterocycles. The van der Waals surface area contributed by atoms with Crippen LogP contribution in [0.1, 0.15) is 16.7 Å². The minimum absolute atomic E-state index is 0.382. The Morgan fingerprint density at radius 2 is 1.90 bits per heavy atom. The van der Waals surface area contributed by atoms with Gasteiger partial charge in [-0.3, -0.25) is 0 Å². The van der Waals surface area contributed by atoms with E-state index in [0.29, 0.717) is 28.8 Å². The van der Waals surface area contributed by atoms with E-state index in [-0.39, 0.29) is 5.82 Å². The molecule has 1 heterocycles. The third kappa shape index (κ3) is 3.26. The van der Waals surface area contributed by atoms with Gasteiger partial charge in [0.05, 0.1) is 6.20 Å². The molecule has 0 radical (unpaired) electrons. The topological polar surface area (TPSA) is 34.2 Å². The van der Waals surface area contributed by atoms with Crippen LogP contribution in [0.25, 0.3) is 0 Å². The number of benzene rings is 1. The number of nitrogens with zero attached hydrogens (tertiary/aromatic N) is 1. The quantitative estimate of drug-likeness (QED) is 0.925. The van der Waals surface area contributed by atoms with Crippen LogP contribution in [-0.4, -0.2) is 12.0 Å². The predicted molar refractivity (Wildman–Crippen MR) is 78.0 cm³/mol. The first-order chi connectivity index (χ1) is 9.51. The standard InChI is InChI=1S/C15H16ClFN2O/c1-9-4-12(16)5-10(2)14(9)20-15-11(7-18-3)6-13(17)8-19-15/h4-6,8,18H,7H2,1-3H3. The first-order valence-corrected chi connectivity index (χ1v) is 6.62. The molecule has 0 aliphatic rings. The molecule has 2 aromatic rings. The number of rotatable bonds is 4. The number of hydrogen-bond donors (Lipinski definition) is 1. The molecule has 0 amide bonds. The number of pyridine rings is 1. The molecule has 1 aromatic carbocycles. The molecule has 0 aliphatic carbocycles. The van der Waals surface area contributed by atoms with Crippen LogP contribution in [0.15, 0.2) is 24.4 Å². The van der Waals surface area contributed by atoms with Gasteiger partial charge in [0.2, 0.25) is 5.88 Å². The van der Waals surface area contributed by atoms with E-state index in [1.807, 2.05) is 26.0 Å². The maximum atomic E-state index is 13.3. The van der Waals surface area contributed by atoms with Crippen molar-refractivity contribution in [3.05, 3.63) is 51.9 Å². The number of hydrogen-bond acceptors (Lipinski definition) is 3. The zero-order valence-electron chi connectivity index (χ0n) is 11.6. The summed E-state index contributed by atoms with van der Waals surface area (Å²) in [5.41, 5.74) is 2.49. The van der Waals surface area contributed by atoms with Crippen molar-refractivity contribution in [3.8, 4) is 11.6 Å². The minimum Gasteiger partial charge on any atom is -0.438 e. The second kappa shape index (κ2) is 6.20. The summed E-state index contributed by atoms with van der Waals surface area (Å²) >= 11 is 6.00. The second-order valence-corrected chi connectivity index (χ2v) is 5.06. The Labute approximate surface area is 122 Å². The number of nitrogens with one attached hydrogen (secondary N) is 1. The molecule has 1 aromatic heterocycles. The van der Waals surface area contributed by atoms with Crippen LogP contribution in [0.5, 0.6) is 11.6 Å². The lowest BCUT2D eigenvalue weighted by molar-refractivity contribution is 0.443. The van der Waals surface area contributed by atoms with Crippen LogP contribution >= 0.6 is 11.6 Å². The van der Waals surface area contributed by atoms with Gasteiger partial charge in [-0.15, -0.1) is 0 Å². The predicted octanol–water partition coefficient (Wildman–Crippen LogP) is 4.00. The van der Waals surface area contributed by atoms with E-state index in [1.54, 1.807) is 7.05 Å². The number of aromatic nitrogens is 1. The zero-order valence-corrected chi connectivity index (χ0v) is 12.4. The molecule has 3 nitrogen and oxygen atoms in total. The lowest BCUT2D eigenvalue weighted by Crippen LogP contribution is -2.08. The fraction of sp³-hybridized carbons (Fsp3) is 0.267. The largest absolute Gasteiger partial charge is 0.438 e. The van der Waals surface area contributed by atoms with E-state index in [9.17, 15) is 4.39 Å². The summed E-state index contributed by atoms with van der Waals surface area (Å²) in [6, 6.07) is 5.07. The second-order valence-electron chi connectivity index (χ2n) is 4.62. The zero-order chi connectivity index (χ0) is 14.7. The van der Waals surface area contributed by atoms with Gasteiger partial charge in [-0.2, -0.15) is 0 Å². The molecule has 0 unspecified atom stereocenters. The van der Waals surface area contributed by atoms with Crippen molar-refractivity contribution in [2.24, 2.45) is 0 Å². The smallest absolute Gasteiger partial charge is 0.223 e. The first-order valence-electron chi connectivity index (χ1n) is 6.25. The fourth-order valence-electron chi connectivity index (χ4n) is 2.03. The van der Waals surface area contributed by atoms with Gasteiger partial charge in [-0.25, -0.2) is 9.37 Å². The molecule has 106 valence electrons. The van der Waals surface area contributed by atoms with Gasteiger partial charge in [-0.1, -0.05) is 11.6 Å². The Morgan fingerprint density at radius 1 is 1.25 bits per heavy atom. The Bertz CT molecular complexity index is 608. The molecule has 0 atom stereocenters. The minimum atomic E-state index is -0.382. The van der Waals surface area contributed by atoms with Crippen molar-refractivity contribution < 1.29 is 9.13 Å². The third-order valence-electron chi connectivity index (χ3n) is 2.88. The lowest BCUT2D eigenvalue weighted by atomic mass is 10.1. The van der Waals surface area contributed by atoms with E-state index >= 15 is 0 Å². The highest BCUT2D eigenvalue weighted by Gasteiger charge is 2.12. The first kappa shape index (κ1) is 14.8. The molecule has 0 spiro atoms. The molecule has 20 heavy (non-hydrogen) atoms. The summed E-state index contributed by atoms with van der Waals surface area (Å²) in [5.74, 6) is 0.715. The van der Waals surface area contributed by atoms with Crippen LogP contribution in [0, 0.1) is 19.7 Å². The summed E-state index contributed by atoms with van der Waals surface area (Å²) < 4.78 is 19.1. The van der Waals surface area contributed by atoms with E-state index < -0.39 is 0 Å².